The van der Waals surface area contributed by atoms with Crippen molar-refractivity contribution < 1.29 is 13.2 Å². The Hall–Kier alpha value is -2.53. The monoisotopic (exact) mass is 486 g/mol. The summed E-state index contributed by atoms with van der Waals surface area (Å²) in [6, 6.07) is 13.2. The largest absolute Gasteiger partial charge is 0.342 e. The van der Waals surface area contributed by atoms with E-state index in [1.54, 1.807) is 17.5 Å². The van der Waals surface area contributed by atoms with Gasteiger partial charge in [0.15, 0.2) is 4.96 Å². The first-order valence-electron chi connectivity index (χ1n) is 10.3. The minimum absolute atomic E-state index is 0.0548. The van der Waals surface area contributed by atoms with Gasteiger partial charge in [0.25, 0.3) is 0 Å². The maximum atomic E-state index is 12.9. The van der Waals surface area contributed by atoms with Crippen LogP contribution in [0.25, 0.3) is 16.2 Å². The van der Waals surface area contributed by atoms with E-state index in [1.807, 2.05) is 51.2 Å². The van der Waals surface area contributed by atoms with Gasteiger partial charge >= 0.3 is 0 Å². The van der Waals surface area contributed by atoms with Crippen molar-refractivity contribution in [3.05, 3.63) is 65.1 Å². The highest BCUT2D eigenvalue weighted by Gasteiger charge is 2.27. The molecule has 0 bridgehead atoms. The van der Waals surface area contributed by atoms with Crippen molar-refractivity contribution in [1.82, 2.24) is 19.0 Å². The van der Waals surface area contributed by atoms with Gasteiger partial charge in [0.1, 0.15) is 4.21 Å². The maximum Gasteiger partial charge on any atom is 0.250 e. The number of nitrogens with one attached hydrogen (secondary N) is 1. The minimum atomic E-state index is -3.48. The van der Waals surface area contributed by atoms with E-state index in [0.29, 0.717) is 36.6 Å². The average Bonchev–Trinajstić information content (AvgIpc) is 3.54. The number of benzene rings is 1. The molecule has 1 amide bonds. The Morgan fingerprint density at radius 1 is 1.09 bits per heavy atom. The number of aromatic nitrogens is 2. The highest BCUT2D eigenvalue weighted by atomic mass is 32.2. The predicted octanol–water partition coefficient (Wildman–Crippen LogP) is 3.64. The lowest BCUT2D eigenvalue weighted by Gasteiger charge is -2.32. The van der Waals surface area contributed by atoms with E-state index in [1.165, 1.54) is 22.7 Å². The molecule has 0 saturated carbocycles. The molecule has 0 spiro atoms. The summed E-state index contributed by atoms with van der Waals surface area (Å²) in [5.74, 6) is 0.0548. The van der Waals surface area contributed by atoms with Crippen LogP contribution in [-0.4, -0.2) is 47.7 Å². The van der Waals surface area contributed by atoms with Crippen molar-refractivity contribution in [2.24, 2.45) is 0 Å². The first kappa shape index (κ1) is 21.3. The number of likely N-dealkylation sites (tertiary alicyclic amines) is 1. The molecule has 0 unspecified atom stereocenters. The van der Waals surface area contributed by atoms with Gasteiger partial charge < -0.3 is 4.90 Å². The molecule has 1 N–H and O–H groups in total. The van der Waals surface area contributed by atoms with Crippen LogP contribution in [0.5, 0.6) is 0 Å². The number of hydrogen-bond acceptors (Lipinski definition) is 6. The molecule has 7 nitrogen and oxygen atoms in total. The molecule has 0 radical (unpaired) electrons. The highest BCUT2D eigenvalue weighted by molar-refractivity contribution is 7.91. The van der Waals surface area contributed by atoms with Crippen molar-refractivity contribution in [1.29, 1.82) is 0 Å². The van der Waals surface area contributed by atoms with Gasteiger partial charge in [-0.3, -0.25) is 9.20 Å². The van der Waals surface area contributed by atoms with E-state index >= 15 is 0 Å². The number of carbonyl (C=O) groups is 1. The summed E-state index contributed by atoms with van der Waals surface area (Å²) in [6.07, 6.45) is 3.50. The molecule has 1 aromatic carbocycles. The number of rotatable bonds is 6. The Labute approximate surface area is 194 Å². The SMILES string of the molecule is O=C(Cc1csc2nc(-c3ccccc3)cn12)N1CCC(NS(=O)(=O)c2cccs2)CC1. The molecule has 10 heteroatoms. The van der Waals surface area contributed by atoms with Crippen LogP contribution < -0.4 is 4.72 Å². The zero-order valence-electron chi connectivity index (χ0n) is 17.2. The number of hydrogen-bond donors (Lipinski definition) is 1. The number of imidazole rings is 1. The molecule has 0 atom stereocenters. The van der Waals surface area contributed by atoms with Crippen LogP contribution in [0.4, 0.5) is 0 Å². The van der Waals surface area contributed by atoms with Gasteiger partial charge in [-0.25, -0.2) is 18.1 Å². The number of thiazole rings is 1. The summed E-state index contributed by atoms with van der Waals surface area (Å²) in [6.45, 7) is 1.09. The highest BCUT2D eigenvalue weighted by Crippen LogP contribution is 2.24. The van der Waals surface area contributed by atoms with Crippen molar-refractivity contribution in [2.75, 3.05) is 13.1 Å². The third kappa shape index (κ3) is 4.36. The Morgan fingerprint density at radius 3 is 2.59 bits per heavy atom. The molecule has 32 heavy (non-hydrogen) atoms. The third-order valence-corrected chi connectivity index (χ3v) is 9.42. The predicted molar refractivity (Wildman–Crippen MR) is 126 cm³/mol. The van der Waals surface area contributed by atoms with E-state index < -0.39 is 10.0 Å². The van der Waals surface area contributed by atoms with Crippen LogP contribution in [0.15, 0.2) is 63.6 Å². The lowest BCUT2D eigenvalue weighted by atomic mass is 10.1. The van der Waals surface area contributed by atoms with E-state index in [2.05, 4.69) is 9.71 Å². The molecule has 3 aromatic heterocycles. The van der Waals surface area contributed by atoms with Crippen LogP contribution in [-0.2, 0) is 21.2 Å². The molecule has 1 saturated heterocycles. The number of carbonyl (C=O) groups excluding carboxylic acids is 1. The number of thiophene rings is 1. The number of piperidine rings is 1. The van der Waals surface area contributed by atoms with Crippen LogP contribution in [0.2, 0.25) is 0 Å². The van der Waals surface area contributed by atoms with Gasteiger partial charge in [-0.2, -0.15) is 0 Å². The van der Waals surface area contributed by atoms with Crippen LogP contribution in [0.3, 0.4) is 0 Å². The summed E-state index contributed by atoms with van der Waals surface area (Å²) in [5.41, 5.74) is 2.86. The topological polar surface area (TPSA) is 83.8 Å². The maximum absolute atomic E-state index is 12.9. The van der Waals surface area contributed by atoms with E-state index in [9.17, 15) is 13.2 Å². The molecule has 0 aliphatic carbocycles. The summed E-state index contributed by atoms with van der Waals surface area (Å²) in [7, 11) is -3.48. The van der Waals surface area contributed by atoms with Crippen molar-refractivity contribution in [3.63, 3.8) is 0 Å². The summed E-state index contributed by atoms with van der Waals surface area (Å²) < 4.78 is 30.0. The molecule has 4 heterocycles. The summed E-state index contributed by atoms with van der Waals surface area (Å²) in [4.78, 5) is 20.3. The number of nitrogens with zero attached hydrogens (tertiary/aromatic N) is 3. The molecule has 166 valence electrons. The van der Waals surface area contributed by atoms with Gasteiger partial charge in [0.2, 0.25) is 15.9 Å². The molecular weight excluding hydrogens is 464 g/mol. The van der Waals surface area contributed by atoms with Crippen molar-refractivity contribution >= 4 is 43.6 Å². The normalized spacial score (nSPS) is 15.4. The fourth-order valence-electron chi connectivity index (χ4n) is 3.91. The Kier molecular flexibility index (Phi) is 5.85. The van der Waals surface area contributed by atoms with Crippen molar-refractivity contribution in [2.45, 2.75) is 29.5 Å². The van der Waals surface area contributed by atoms with Gasteiger partial charge in [0, 0.05) is 42.0 Å². The zero-order chi connectivity index (χ0) is 22.1. The second-order valence-electron chi connectivity index (χ2n) is 7.76. The fraction of sp³-hybridized carbons (Fsp3) is 0.273. The molecular formula is C22H22N4O3S3. The summed E-state index contributed by atoms with van der Waals surface area (Å²) >= 11 is 2.73. The number of fused-ring (bicyclic) bond motifs is 1. The van der Waals surface area contributed by atoms with Crippen LogP contribution in [0.1, 0.15) is 18.5 Å². The molecule has 4 aromatic rings. The number of amides is 1. The fourth-order valence-corrected chi connectivity index (χ4v) is 7.10. The lowest BCUT2D eigenvalue weighted by molar-refractivity contribution is -0.131. The second kappa shape index (κ2) is 8.78. The van der Waals surface area contributed by atoms with Gasteiger partial charge in [0.05, 0.1) is 12.1 Å². The Morgan fingerprint density at radius 2 is 1.88 bits per heavy atom. The average molecular weight is 487 g/mol. The number of sulfonamides is 1. The molecule has 1 aliphatic heterocycles. The standard InChI is InChI=1S/C22H22N4O3S3/c27-20(25-10-8-17(9-11-25)24-32(28,29)21-7-4-12-30-21)13-18-15-31-22-23-19(14-26(18)22)16-5-2-1-3-6-16/h1-7,12,14-15,17,24H,8-11,13H2. The van der Waals surface area contributed by atoms with E-state index in [0.717, 1.165) is 21.9 Å². The molecule has 1 aliphatic rings. The van der Waals surface area contributed by atoms with Gasteiger partial charge in [-0.15, -0.1) is 22.7 Å². The molecule has 1 fully saturated rings. The second-order valence-corrected chi connectivity index (χ2v) is 11.5. The Bertz CT molecular complexity index is 1320. The first-order valence-corrected chi connectivity index (χ1v) is 13.6. The van der Waals surface area contributed by atoms with Gasteiger partial charge in [-0.05, 0) is 24.3 Å². The summed E-state index contributed by atoms with van der Waals surface area (Å²) in [5, 5.41) is 3.73. The molecule has 5 rings (SSSR count). The smallest absolute Gasteiger partial charge is 0.250 e. The van der Waals surface area contributed by atoms with Gasteiger partial charge in [-0.1, -0.05) is 36.4 Å². The zero-order valence-corrected chi connectivity index (χ0v) is 19.6. The van der Waals surface area contributed by atoms with Crippen LogP contribution >= 0.6 is 22.7 Å². The Balaban J connectivity index is 1.21. The quantitative estimate of drug-likeness (QED) is 0.451. The minimum Gasteiger partial charge on any atom is -0.342 e. The van der Waals surface area contributed by atoms with Crippen molar-refractivity contribution in [3.8, 4) is 11.3 Å². The lowest BCUT2D eigenvalue weighted by Crippen LogP contribution is -2.46. The first-order chi connectivity index (χ1) is 15.5. The van der Waals surface area contributed by atoms with E-state index in [4.69, 9.17) is 0 Å². The van der Waals surface area contributed by atoms with E-state index in [-0.39, 0.29) is 11.9 Å². The van der Waals surface area contributed by atoms with Crippen LogP contribution in [0, 0.1) is 0 Å². The third-order valence-electron chi connectivity index (χ3n) is 5.61.